The first-order valence-corrected chi connectivity index (χ1v) is 43.8. The molecule has 0 aromatic carbocycles. The topological polar surface area (TPSA) is 237 Å². The van der Waals surface area contributed by atoms with Gasteiger partial charge in [-0.1, -0.05) is 357 Å². The molecule has 0 aromatic heterocycles. The first-order chi connectivity index (χ1) is 47.2. The molecule has 0 aliphatic heterocycles. The molecular formula is C79H154O17P2. The number of hydrogen-bond donors (Lipinski definition) is 3. The summed E-state index contributed by atoms with van der Waals surface area (Å²) < 4.78 is 68.7. The summed E-state index contributed by atoms with van der Waals surface area (Å²) in [5, 5.41) is 10.6. The lowest BCUT2D eigenvalue weighted by Crippen LogP contribution is -2.30. The second-order valence-corrected chi connectivity index (χ2v) is 32.8. The molecule has 0 aliphatic rings. The van der Waals surface area contributed by atoms with Crippen molar-refractivity contribution in [3.05, 3.63) is 0 Å². The van der Waals surface area contributed by atoms with E-state index >= 15 is 0 Å². The van der Waals surface area contributed by atoms with Crippen LogP contribution in [0.25, 0.3) is 0 Å². The van der Waals surface area contributed by atoms with Gasteiger partial charge in [0.15, 0.2) is 12.2 Å². The SMILES string of the molecule is CCCCCCCCCCCCCCCCCC(=O)O[C@H](COC(=O)CCCCCCCCCCCC(C)C)COP(=O)(O)OC[C@H](O)COP(=O)(O)OC[C@@H](COC(=O)CCCCCCCCCCCCCCC(C)C)OC(=O)CCCCCCCCCCCCCCCC(C)C. The molecule has 0 heterocycles. The molecule has 19 heteroatoms. The normalized spacial score (nSPS) is 14.0. The van der Waals surface area contributed by atoms with E-state index in [-0.39, 0.29) is 25.7 Å². The van der Waals surface area contributed by atoms with E-state index in [1.807, 2.05) is 0 Å². The van der Waals surface area contributed by atoms with Crippen molar-refractivity contribution in [1.29, 1.82) is 0 Å². The van der Waals surface area contributed by atoms with Gasteiger partial charge < -0.3 is 33.8 Å². The number of ether oxygens (including phenoxy) is 4. The molecule has 5 atom stereocenters. The summed E-state index contributed by atoms with van der Waals surface area (Å²) in [6.07, 6.45) is 56.7. The molecule has 0 radical (unpaired) electrons. The summed E-state index contributed by atoms with van der Waals surface area (Å²) in [6, 6.07) is 0. The van der Waals surface area contributed by atoms with E-state index in [1.54, 1.807) is 0 Å². The highest BCUT2D eigenvalue weighted by Crippen LogP contribution is 2.45. The fourth-order valence-corrected chi connectivity index (χ4v) is 13.7. The van der Waals surface area contributed by atoms with Crippen LogP contribution in [-0.2, 0) is 65.4 Å². The second-order valence-electron chi connectivity index (χ2n) is 29.9. The maximum Gasteiger partial charge on any atom is 0.472 e. The van der Waals surface area contributed by atoms with Crippen molar-refractivity contribution in [2.24, 2.45) is 17.8 Å². The zero-order valence-electron chi connectivity index (χ0n) is 64.3. The zero-order valence-corrected chi connectivity index (χ0v) is 66.0. The van der Waals surface area contributed by atoms with Gasteiger partial charge in [0, 0.05) is 25.7 Å². The van der Waals surface area contributed by atoms with Crippen molar-refractivity contribution in [3.8, 4) is 0 Å². The summed E-state index contributed by atoms with van der Waals surface area (Å²) in [5.41, 5.74) is 0. The third-order valence-electron chi connectivity index (χ3n) is 18.4. The summed E-state index contributed by atoms with van der Waals surface area (Å²) in [4.78, 5) is 73.0. The van der Waals surface area contributed by atoms with Crippen LogP contribution in [0.1, 0.15) is 408 Å². The summed E-state index contributed by atoms with van der Waals surface area (Å²) in [6.45, 7) is 11.9. The number of carbonyl (C=O) groups excluding carboxylic acids is 4. The van der Waals surface area contributed by atoms with Crippen LogP contribution in [0.15, 0.2) is 0 Å². The van der Waals surface area contributed by atoms with E-state index in [4.69, 9.17) is 37.0 Å². The Kier molecular flexibility index (Phi) is 68.1. The van der Waals surface area contributed by atoms with Crippen LogP contribution in [0.5, 0.6) is 0 Å². The van der Waals surface area contributed by atoms with E-state index in [0.717, 1.165) is 108 Å². The van der Waals surface area contributed by atoms with Gasteiger partial charge in [-0.25, -0.2) is 9.13 Å². The van der Waals surface area contributed by atoms with E-state index in [1.165, 1.54) is 218 Å². The number of esters is 4. The molecule has 0 aliphatic carbocycles. The molecule has 98 heavy (non-hydrogen) atoms. The summed E-state index contributed by atoms with van der Waals surface area (Å²) in [7, 11) is -9.92. The molecule has 0 saturated heterocycles. The lowest BCUT2D eigenvalue weighted by Gasteiger charge is -2.21. The van der Waals surface area contributed by atoms with Crippen molar-refractivity contribution in [3.63, 3.8) is 0 Å². The molecule has 17 nitrogen and oxygen atoms in total. The monoisotopic (exact) mass is 1440 g/mol. The molecule has 0 aromatic rings. The highest BCUT2D eigenvalue weighted by atomic mass is 31.2. The summed E-state index contributed by atoms with van der Waals surface area (Å²) >= 11 is 0. The van der Waals surface area contributed by atoms with Crippen LogP contribution in [0.4, 0.5) is 0 Å². The van der Waals surface area contributed by atoms with Gasteiger partial charge in [0.05, 0.1) is 26.4 Å². The van der Waals surface area contributed by atoms with Crippen LogP contribution >= 0.6 is 15.6 Å². The molecule has 0 saturated carbocycles. The van der Waals surface area contributed by atoms with Crippen LogP contribution in [0.3, 0.4) is 0 Å². The summed E-state index contributed by atoms with van der Waals surface area (Å²) in [5.74, 6) is 0.201. The highest BCUT2D eigenvalue weighted by molar-refractivity contribution is 7.47. The standard InChI is InChI=1S/C79H154O17P2/c1-8-9-10-11-12-13-14-15-16-19-26-33-41-48-55-62-78(83)96-75(67-90-77(82)61-54-47-40-35-28-31-38-45-52-59-72(6)7)69-94-98(87,88)92-65-73(80)64-91-97(85,86)93-68-74(66-89-76(81)60-53-46-39-32-25-22-21-24-30-37-44-51-58-71(4)5)95-79(84)63-56-49-42-34-27-20-17-18-23-29-36-43-50-57-70(2)3/h70-75,80H,8-69H2,1-7H3,(H,85,86)(H,87,88)/t73-,74-,75-/m1/s1. The number of phosphoric ester groups is 2. The second kappa shape index (κ2) is 69.4. The molecule has 3 N–H and O–H groups in total. The number of hydrogen-bond acceptors (Lipinski definition) is 15. The molecular weight excluding hydrogens is 1280 g/mol. The average Bonchev–Trinajstić information content (AvgIpc) is 1.09. The van der Waals surface area contributed by atoms with Gasteiger partial charge in [-0.15, -0.1) is 0 Å². The number of carbonyl (C=O) groups is 4. The highest BCUT2D eigenvalue weighted by Gasteiger charge is 2.30. The largest absolute Gasteiger partial charge is 0.472 e. The van der Waals surface area contributed by atoms with Gasteiger partial charge in [-0.05, 0) is 43.4 Å². The fourth-order valence-electron chi connectivity index (χ4n) is 12.1. The van der Waals surface area contributed by atoms with E-state index < -0.39 is 97.5 Å². The number of rotatable bonds is 77. The van der Waals surface area contributed by atoms with Crippen LogP contribution in [-0.4, -0.2) is 96.7 Å². The maximum atomic E-state index is 13.1. The molecule has 0 bridgehead atoms. The minimum absolute atomic E-state index is 0.107. The molecule has 0 fully saturated rings. The smallest absolute Gasteiger partial charge is 0.462 e. The molecule has 582 valence electrons. The van der Waals surface area contributed by atoms with Crippen molar-refractivity contribution in [2.75, 3.05) is 39.6 Å². The maximum absolute atomic E-state index is 13.1. The minimum atomic E-state index is -4.96. The van der Waals surface area contributed by atoms with Gasteiger partial charge in [-0.3, -0.25) is 37.3 Å². The quantitative estimate of drug-likeness (QED) is 0.0222. The van der Waals surface area contributed by atoms with Crippen LogP contribution in [0.2, 0.25) is 0 Å². The lowest BCUT2D eigenvalue weighted by atomic mass is 10.0. The van der Waals surface area contributed by atoms with Crippen molar-refractivity contribution in [2.45, 2.75) is 426 Å². The average molecular weight is 1440 g/mol. The lowest BCUT2D eigenvalue weighted by molar-refractivity contribution is -0.161. The van der Waals surface area contributed by atoms with Gasteiger partial charge in [-0.2, -0.15) is 0 Å². The molecule has 0 spiro atoms. The Morgan fingerprint density at radius 2 is 0.469 bits per heavy atom. The molecule has 2 unspecified atom stereocenters. The predicted molar refractivity (Wildman–Crippen MR) is 400 cm³/mol. The van der Waals surface area contributed by atoms with Crippen molar-refractivity contribution >= 4 is 39.5 Å². The van der Waals surface area contributed by atoms with Gasteiger partial charge in [0.2, 0.25) is 0 Å². The molecule has 0 amide bonds. The Hall–Kier alpha value is -1.94. The number of aliphatic hydroxyl groups is 1. The van der Waals surface area contributed by atoms with Gasteiger partial charge in [0.1, 0.15) is 19.3 Å². The van der Waals surface area contributed by atoms with Crippen molar-refractivity contribution < 1.29 is 80.2 Å². The number of phosphoric acid groups is 2. The third kappa shape index (κ3) is 72.4. The molecule has 0 rings (SSSR count). The Morgan fingerprint density at radius 1 is 0.276 bits per heavy atom. The van der Waals surface area contributed by atoms with Crippen LogP contribution in [0, 0.1) is 17.8 Å². The van der Waals surface area contributed by atoms with Crippen molar-refractivity contribution in [1.82, 2.24) is 0 Å². The Labute approximate surface area is 600 Å². The van der Waals surface area contributed by atoms with E-state index in [9.17, 15) is 43.2 Å². The van der Waals surface area contributed by atoms with Gasteiger partial charge in [0.25, 0.3) is 0 Å². The van der Waals surface area contributed by atoms with Crippen LogP contribution < -0.4 is 0 Å². The fraction of sp³-hybridized carbons (Fsp3) is 0.949. The first kappa shape index (κ1) is 96.1. The van der Waals surface area contributed by atoms with E-state index in [0.29, 0.717) is 25.7 Å². The number of aliphatic hydroxyl groups excluding tert-OH is 1. The Bertz CT molecular complexity index is 1900. The predicted octanol–water partition coefficient (Wildman–Crippen LogP) is 23.4. The Morgan fingerprint density at radius 3 is 0.694 bits per heavy atom. The third-order valence-corrected chi connectivity index (χ3v) is 20.3. The number of unbranched alkanes of at least 4 members (excludes halogenated alkanes) is 45. The Balaban J connectivity index is 5.27. The van der Waals surface area contributed by atoms with Gasteiger partial charge >= 0.3 is 39.5 Å². The minimum Gasteiger partial charge on any atom is -0.462 e. The van der Waals surface area contributed by atoms with E-state index in [2.05, 4.69) is 48.5 Å². The first-order valence-electron chi connectivity index (χ1n) is 40.8. The zero-order chi connectivity index (χ0) is 72.3.